The Morgan fingerprint density at radius 3 is 1.64 bits per heavy atom. The second kappa shape index (κ2) is 12.6. The molecule has 4 aromatic carbocycles. The normalized spacial score (nSPS) is 17.2. The molecular formula is C41H50Cl2SiZr. The van der Waals surface area contributed by atoms with Gasteiger partial charge in [-0.25, -0.2) is 0 Å². The van der Waals surface area contributed by atoms with Crippen LogP contribution in [0.15, 0.2) is 77.9 Å². The van der Waals surface area contributed by atoms with E-state index in [2.05, 4.69) is 150 Å². The fourth-order valence-corrected chi connectivity index (χ4v) is 29.6. The molecule has 0 aromatic heterocycles. The number of hydrogen-bond acceptors (Lipinski definition) is 0. The fourth-order valence-electron chi connectivity index (χ4n) is 8.96. The summed E-state index contributed by atoms with van der Waals surface area (Å²) in [6.45, 7) is 21.0. The van der Waals surface area contributed by atoms with Crippen LogP contribution in [0, 0.1) is 40.5 Å². The molecule has 2 aliphatic carbocycles. The minimum absolute atomic E-state index is 0. The van der Waals surface area contributed by atoms with Crippen molar-refractivity contribution in [2.75, 3.05) is 0 Å². The van der Waals surface area contributed by atoms with Crippen molar-refractivity contribution in [3.8, 4) is 22.3 Å². The molecule has 2 unspecified atom stereocenters. The third-order valence-corrected chi connectivity index (χ3v) is 27.9. The van der Waals surface area contributed by atoms with Gasteiger partial charge in [0.15, 0.2) is 0 Å². The van der Waals surface area contributed by atoms with Gasteiger partial charge in [-0.3, -0.25) is 0 Å². The van der Waals surface area contributed by atoms with Gasteiger partial charge < -0.3 is 0 Å². The molecule has 236 valence electrons. The summed E-state index contributed by atoms with van der Waals surface area (Å²) in [5, 5.41) is 0. The monoisotopic (exact) mass is 730 g/mol. The van der Waals surface area contributed by atoms with Crippen LogP contribution in [0.1, 0.15) is 78.1 Å². The summed E-state index contributed by atoms with van der Waals surface area (Å²) < 4.78 is 6.59. The number of aryl methyl sites for hydroxylation is 5. The van der Waals surface area contributed by atoms with E-state index < -0.39 is 17.4 Å². The van der Waals surface area contributed by atoms with E-state index in [1.54, 1.807) is 22.3 Å². The van der Waals surface area contributed by atoms with Gasteiger partial charge in [0.2, 0.25) is 0 Å². The summed E-state index contributed by atoms with van der Waals surface area (Å²) in [6, 6.07) is 26.0. The van der Waals surface area contributed by atoms with E-state index in [0.29, 0.717) is 13.2 Å². The zero-order valence-corrected chi connectivity index (χ0v) is 34.3. The van der Waals surface area contributed by atoms with Gasteiger partial charge in [0.05, 0.1) is 0 Å². The van der Waals surface area contributed by atoms with E-state index >= 15 is 0 Å². The van der Waals surface area contributed by atoms with Gasteiger partial charge in [0.25, 0.3) is 0 Å². The molecule has 6 rings (SSSR count). The molecule has 2 aliphatic rings. The van der Waals surface area contributed by atoms with Gasteiger partial charge >= 0.3 is 264 Å². The summed E-state index contributed by atoms with van der Waals surface area (Å²) in [7, 11) is 0. The average molecular weight is 733 g/mol. The van der Waals surface area contributed by atoms with E-state index in [1.807, 2.05) is 0 Å². The van der Waals surface area contributed by atoms with Crippen molar-refractivity contribution in [1.82, 2.24) is 0 Å². The van der Waals surface area contributed by atoms with Crippen LogP contribution in [0.25, 0.3) is 34.4 Å². The molecule has 0 nitrogen and oxygen atoms in total. The minimum Gasteiger partial charge on any atom is -0.147 e. The number of fused-ring (bicyclic) bond motifs is 2. The smallest absolute Gasteiger partial charge is 0.147 e. The van der Waals surface area contributed by atoms with E-state index in [-0.39, 0.29) is 24.8 Å². The predicted octanol–water partition coefficient (Wildman–Crippen LogP) is 12.0. The molecule has 0 saturated heterocycles. The molecule has 0 aliphatic heterocycles. The summed E-state index contributed by atoms with van der Waals surface area (Å²) in [5.74, 6) is 0.509. The molecule has 0 fully saturated rings. The summed E-state index contributed by atoms with van der Waals surface area (Å²) in [6.07, 6.45) is 5.18. The van der Waals surface area contributed by atoms with Crippen molar-refractivity contribution in [2.24, 2.45) is 5.92 Å². The Hall–Kier alpha value is -1.96. The summed E-state index contributed by atoms with van der Waals surface area (Å²) >= 11 is -3.68. The van der Waals surface area contributed by atoms with E-state index in [4.69, 9.17) is 0 Å². The largest absolute Gasteiger partial charge is 0.147 e. The molecular weight excluding hydrogens is 683 g/mol. The fraction of sp³-hybridized carbons (Fsp3) is 0.317. The Bertz CT molecular complexity index is 1910. The number of hydrogen-bond donors (Lipinski definition) is 0. The van der Waals surface area contributed by atoms with Crippen LogP contribution in [0.5, 0.6) is 0 Å². The first kappa shape index (κ1) is 35.9. The summed E-state index contributed by atoms with van der Waals surface area (Å²) in [4.78, 5) is 0. The van der Waals surface area contributed by atoms with Gasteiger partial charge in [-0.1, -0.05) is 0 Å². The zero-order chi connectivity index (χ0) is 31.0. The Labute approximate surface area is 287 Å². The van der Waals surface area contributed by atoms with Gasteiger partial charge in [0, 0.05) is 0 Å². The van der Waals surface area contributed by atoms with Crippen LogP contribution < -0.4 is 0 Å². The van der Waals surface area contributed by atoms with E-state index in [1.165, 1.54) is 61.2 Å². The van der Waals surface area contributed by atoms with Crippen LogP contribution >= 0.6 is 24.8 Å². The molecule has 0 saturated carbocycles. The third-order valence-electron chi connectivity index (χ3n) is 10.3. The number of rotatable bonds is 5. The molecule has 0 radical (unpaired) electrons. The second-order valence-electron chi connectivity index (χ2n) is 15.3. The maximum absolute atomic E-state index is 3.68. The van der Waals surface area contributed by atoms with Crippen molar-refractivity contribution in [1.29, 1.82) is 0 Å². The maximum atomic E-state index is 2.78. The quantitative estimate of drug-likeness (QED) is 0.179. The van der Waals surface area contributed by atoms with Crippen molar-refractivity contribution >= 4 is 43.8 Å². The Morgan fingerprint density at radius 2 is 1.13 bits per heavy atom. The average Bonchev–Trinajstić information content (AvgIpc) is 3.48. The zero-order valence-electron chi connectivity index (χ0n) is 28.8. The SMILES string of the molecule is CC1=Cc2c(-c3cc(C)cc(C)c3)ccc(C)c2[CH]1[Zr]([CH3])([CH3])(=[SiH2])[CH]1C(C(C)C)=Cc2c(-c3cc(C)cc(C)c3)cccc21.Cl.Cl. The molecule has 0 N–H and O–H groups in total. The van der Waals surface area contributed by atoms with Crippen molar-refractivity contribution in [3.63, 3.8) is 0 Å². The van der Waals surface area contributed by atoms with E-state index in [0.717, 1.165) is 0 Å². The van der Waals surface area contributed by atoms with Crippen molar-refractivity contribution in [2.45, 2.75) is 71.9 Å². The Balaban J connectivity index is 0.00000230. The van der Waals surface area contributed by atoms with Crippen LogP contribution in [-0.2, 0) is 17.4 Å². The third kappa shape index (κ3) is 6.11. The topological polar surface area (TPSA) is 0 Å². The first-order valence-corrected chi connectivity index (χ1v) is 29.7. The van der Waals surface area contributed by atoms with Crippen molar-refractivity contribution < 1.29 is 17.4 Å². The Kier molecular flexibility index (Phi) is 10.0. The van der Waals surface area contributed by atoms with Crippen LogP contribution in [0.2, 0.25) is 9.26 Å². The van der Waals surface area contributed by atoms with E-state index in [9.17, 15) is 0 Å². The van der Waals surface area contributed by atoms with Gasteiger partial charge in [0.1, 0.15) is 0 Å². The van der Waals surface area contributed by atoms with Crippen LogP contribution in [0.3, 0.4) is 0 Å². The molecule has 0 bridgehead atoms. The van der Waals surface area contributed by atoms with Gasteiger partial charge in [-0.2, -0.15) is 0 Å². The molecule has 4 aromatic rings. The first-order chi connectivity index (χ1) is 20.1. The van der Waals surface area contributed by atoms with Crippen molar-refractivity contribution in [3.05, 3.63) is 128 Å². The minimum atomic E-state index is -3.68. The maximum Gasteiger partial charge on any atom is -0.147 e. The standard InChI is InChI=1S/C20H21.C19H19.2CH3.2ClH.H2Si.Zr/c1-13(2)17-11-16-6-5-7-19(20(16)12-17)18-9-14(3)8-15(4)10-18;1-12-7-13(2)9-16(8-12)17-6-5-15(4)18-10-14(3)11-19(17)18;;;;;;/h5-13H,1-4H3;5-11H,1-4H3;2*1H3;2*1H;1H2;. The van der Waals surface area contributed by atoms with Gasteiger partial charge in [-0.05, 0) is 0 Å². The molecule has 45 heavy (non-hydrogen) atoms. The number of benzene rings is 4. The number of halogens is 2. The molecule has 2 atom stereocenters. The molecule has 0 spiro atoms. The Morgan fingerprint density at radius 1 is 0.622 bits per heavy atom. The summed E-state index contributed by atoms with van der Waals surface area (Å²) in [5.41, 5.74) is 21.6. The second-order valence-corrected chi connectivity index (χ2v) is 45.8. The predicted molar refractivity (Wildman–Crippen MR) is 204 cm³/mol. The molecule has 4 heteroatoms. The first-order valence-electron chi connectivity index (χ1n) is 16.1. The van der Waals surface area contributed by atoms with Gasteiger partial charge in [-0.15, -0.1) is 24.8 Å². The number of allylic oxidation sites excluding steroid dienone is 2. The van der Waals surface area contributed by atoms with Crippen LogP contribution in [-0.4, -0.2) is 6.88 Å². The molecule has 0 amide bonds. The molecule has 0 heterocycles. The van der Waals surface area contributed by atoms with Crippen LogP contribution in [0.4, 0.5) is 0 Å².